The molecule has 0 unspecified atom stereocenters. The lowest BCUT2D eigenvalue weighted by molar-refractivity contribution is 0.0342. The van der Waals surface area contributed by atoms with Crippen molar-refractivity contribution in [3.8, 4) is 5.75 Å². The highest BCUT2D eigenvalue weighted by atomic mass is 127. The summed E-state index contributed by atoms with van der Waals surface area (Å²) in [4.78, 5) is 6.79. The standard InChI is InChI=1S/C25H36N4O2.HI/c1-19(2)31-24-15-20(3)5-10-23(24)17-28-25(26-4)27-16-21-6-8-22(9-7-21)18-29-11-13-30-14-12-29;/h5-10,15,19H,11-14,16-18H2,1-4H3,(H2,26,27,28);1H. The van der Waals surface area contributed by atoms with Crippen LogP contribution in [0.4, 0.5) is 0 Å². The molecule has 32 heavy (non-hydrogen) atoms. The van der Waals surface area contributed by atoms with E-state index in [4.69, 9.17) is 9.47 Å². The first-order valence-electron chi connectivity index (χ1n) is 11.1. The molecule has 6 nitrogen and oxygen atoms in total. The van der Waals surface area contributed by atoms with Crippen LogP contribution in [0.15, 0.2) is 47.5 Å². The normalized spacial score (nSPS) is 14.7. The SMILES string of the molecule is CN=C(NCc1ccc(CN2CCOCC2)cc1)NCc1ccc(C)cc1OC(C)C.I. The minimum absolute atomic E-state index is 0. The minimum atomic E-state index is 0. The van der Waals surface area contributed by atoms with Crippen LogP contribution in [0.3, 0.4) is 0 Å². The number of nitrogens with one attached hydrogen (secondary N) is 2. The monoisotopic (exact) mass is 552 g/mol. The van der Waals surface area contributed by atoms with Crippen molar-refractivity contribution >= 4 is 29.9 Å². The predicted molar refractivity (Wildman–Crippen MR) is 142 cm³/mol. The summed E-state index contributed by atoms with van der Waals surface area (Å²) in [5.41, 5.74) is 4.88. The molecule has 3 rings (SSSR count). The van der Waals surface area contributed by atoms with Gasteiger partial charge in [0.1, 0.15) is 5.75 Å². The molecule has 0 amide bonds. The number of halogens is 1. The summed E-state index contributed by atoms with van der Waals surface area (Å²) in [7, 11) is 1.79. The fourth-order valence-corrected chi connectivity index (χ4v) is 3.54. The van der Waals surface area contributed by atoms with Crippen LogP contribution in [0.25, 0.3) is 0 Å². The van der Waals surface area contributed by atoms with Gasteiger partial charge in [-0.3, -0.25) is 9.89 Å². The van der Waals surface area contributed by atoms with Crippen LogP contribution in [0.2, 0.25) is 0 Å². The number of morpholine rings is 1. The Balaban J connectivity index is 0.00000363. The number of nitrogens with zero attached hydrogens (tertiary/aromatic N) is 2. The number of guanidine groups is 1. The molecule has 0 atom stereocenters. The summed E-state index contributed by atoms with van der Waals surface area (Å²) in [6.07, 6.45) is 0.143. The zero-order valence-corrected chi connectivity index (χ0v) is 22.0. The van der Waals surface area contributed by atoms with Crippen molar-refractivity contribution in [1.29, 1.82) is 0 Å². The van der Waals surface area contributed by atoms with E-state index in [1.54, 1.807) is 7.05 Å². The Labute approximate surface area is 209 Å². The van der Waals surface area contributed by atoms with Crippen LogP contribution in [0.5, 0.6) is 5.75 Å². The smallest absolute Gasteiger partial charge is 0.191 e. The Bertz CT molecular complexity index is 850. The second-order valence-corrected chi connectivity index (χ2v) is 8.26. The molecule has 176 valence electrons. The topological polar surface area (TPSA) is 58.1 Å². The molecule has 1 aliphatic heterocycles. The predicted octanol–water partition coefficient (Wildman–Crippen LogP) is 4.10. The van der Waals surface area contributed by atoms with E-state index in [1.807, 2.05) is 13.8 Å². The summed E-state index contributed by atoms with van der Waals surface area (Å²) in [5.74, 6) is 1.70. The molecule has 0 radical (unpaired) electrons. The molecule has 2 N–H and O–H groups in total. The van der Waals surface area contributed by atoms with Crippen molar-refractivity contribution in [2.45, 2.75) is 46.5 Å². The lowest BCUT2D eigenvalue weighted by atomic mass is 10.1. The van der Waals surface area contributed by atoms with Gasteiger partial charge in [0.25, 0.3) is 0 Å². The second kappa shape index (κ2) is 13.6. The van der Waals surface area contributed by atoms with E-state index < -0.39 is 0 Å². The van der Waals surface area contributed by atoms with Gasteiger partial charge in [0.15, 0.2) is 5.96 Å². The third kappa shape index (κ3) is 8.60. The van der Waals surface area contributed by atoms with Crippen LogP contribution in [0.1, 0.15) is 36.1 Å². The van der Waals surface area contributed by atoms with Crippen LogP contribution < -0.4 is 15.4 Å². The molecule has 2 aromatic rings. The molecule has 1 saturated heterocycles. The number of hydrogen-bond acceptors (Lipinski definition) is 4. The molecule has 1 fully saturated rings. The number of benzene rings is 2. The second-order valence-electron chi connectivity index (χ2n) is 8.26. The first kappa shape index (κ1) is 26.4. The number of aryl methyl sites for hydroxylation is 1. The number of ether oxygens (including phenoxy) is 2. The Morgan fingerprint density at radius 1 is 1.03 bits per heavy atom. The number of hydrogen-bond donors (Lipinski definition) is 2. The fraction of sp³-hybridized carbons (Fsp3) is 0.480. The molecule has 2 aromatic carbocycles. The summed E-state index contributed by atoms with van der Waals surface area (Å²) in [5, 5.41) is 6.79. The van der Waals surface area contributed by atoms with Gasteiger partial charge in [0.2, 0.25) is 0 Å². The van der Waals surface area contributed by atoms with Gasteiger partial charge < -0.3 is 20.1 Å². The highest BCUT2D eigenvalue weighted by Crippen LogP contribution is 2.21. The van der Waals surface area contributed by atoms with E-state index >= 15 is 0 Å². The first-order chi connectivity index (χ1) is 15.0. The maximum absolute atomic E-state index is 5.98. The maximum atomic E-state index is 5.98. The molecule has 1 aliphatic rings. The van der Waals surface area contributed by atoms with Gasteiger partial charge >= 0.3 is 0 Å². The Morgan fingerprint density at radius 3 is 2.34 bits per heavy atom. The zero-order valence-electron chi connectivity index (χ0n) is 19.7. The van der Waals surface area contributed by atoms with Gasteiger partial charge in [0.05, 0.1) is 19.3 Å². The molecular formula is C25H37IN4O2. The van der Waals surface area contributed by atoms with Crippen molar-refractivity contribution < 1.29 is 9.47 Å². The van der Waals surface area contributed by atoms with E-state index in [1.165, 1.54) is 16.7 Å². The van der Waals surface area contributed by atoms with Crippen LogP contribution in [-0.4, -0.2) is 50.3 Å². The molecule has 0 bridgehead atoms. The summed E-state index contributed by atoms with van der Waals surface area (Å²) < 4.78 is 11.4. The molecule has 7 heteroatoms. The highest BCUT2D eigenvalue weighted by molar-refractivity contribution is 14.0. The summed E-state index contributed by atoms with van der Waals surface area (Å²) in [6.45, 7) is 12.2. The fourth-order valence-electron chi connectivity index (χ4n) is 3.54. The average Bonchev–Trinajstić information content (AvgIpc) is 2.76. The van der Waals surface area contributed by atoms with Gasteiger partial charge in [-0.25, -0.2) is 0 Å². The van der Waals surface area contributed by atoms with Crippen molar-refractivity contribution in [2.24, 2.45) is 4.99 Å². The Morgan fingerprint density at radius 2 is 1.69 bits per heavy atom. The zero-order chi connectivity index (χ0) is 22.1. The maximum Gasteiger partial charge on any atom is 0.191 e. The van der Waals surface area contributed by atoms with Gasteiger partial charge in [-0.2, -0.15) is 0 Å². The molecule has 0 saturated carbocycles. The Kier molecular flexibility index (Phi) is 11.3. The van der Waals surface area contributed by atoms with Gasteiger partial charge in [0, 0.05) is 45.3 Å². The molecule has 1 heterocycles. The van der Waals surface area contributed by atoms with Crippen molar-refractivity contribution in [3.05, 3.63) is 64.7 Å². The van der Waals surface area contributed by atoms with E-state index in [9.17, 15) is 0 Å². The van der Waals surface area contributed by atoms with Gasteiger partial charge in [-0.15, -0.1) is 24.0 Å². The van der Waals surface area contributed by atoms with Crippen molar-refractivity contribution in [3.63, 3.8) is 0 Å². The third-order valence-corrected chi connectivity index (χ3v) is 5.25. The van der Waals surface area contributed by atoms with Crippen molar-refractivity contribution in [2.75, 3.05) is 33.4 Å². The van der Waals surface area contributed by atoms with E-state index in [0.29, 0.717) is 6.54 Å². The summed E-state index contributed by atoms with van der Waals surface area (Å²) in [6, 6.07) is 15.1. The van der Waals surface area contributed by atoms with E-state index in [0.717, 1.165) is 56.7 Å². The molecule has 0 aromatic heterocycles. The van der Waals surface area contributed by atoms with E-state index in [2.05, 4.69) is 69.9 Å². The minimum Gasteiger partial charge on any atom is -0.491 e. The largest absolute Gasteiger partial charge is 0.491 e. The van der Waals surface area contributed by atoms with Crippen LogP contribution >= 0.6 is 24.0 Å². The Hall–Kier alpha value is -1.84. The van der Waals surface area contributed by atoms with Crippen LogP contribution in [0, 0.1) is 6.92 Å². The summed E-state index contributed by atoms with van der Waals surface area (Å²) >= 11 is 0. The number of aliphatic imine (C=N–C) groups is 1. The molecule has 0 aliphatic carbocycles. The van der Waals surface area contributed by atoms with Gasteiger partial charge in [-0.1, -0.05) is 36.4 Å². The molecule has 0 spiro atoms. The lowest BCUT2D eigenvalue weighted by Crippen LogP contribution is -2.36. The number of rotatable bonds is 8. The van der Waals surface area contributed by atoms with Crippen LogP contribution in [-0.2, 0) is 24.4 Å². The third-order valence-electron chi connectivity index (χ3n) is 5.25. The van der Waals surface area contributed by atoms with Gasteiger partial charge in [-0.05, 0) is 43.5 Å². The first-order valence-corrected chi connectivity index (χ1v) is 11.1. The molecular weight excluding hydrogens is 515 g/mol. The lowest BCUT2D eigenvalue weighted by Gasteiger charge is -2.26. The highest BCUT2D eigenvalue weighted by Gasteiger charge is 2.11. The average molecular weight is 553 g/mol. The quantitative estimate of drug-likeness (QED) is 0.294. The van der Waals surface area contributed by atoms with Crippen molar-refractivity contribution in [1.82, 2.24) is 15.5 Å². The van der Waals surface area contributed by atoms with E-state index in [-0.39, 0.29) is 30.1 Å².